The van der Waals surface area contributed by atoms with Gasteiger partial charge in [-0.1, -0.05) is 18.2 Å². The van der Waals surface area contributed by atoms with Crippen LogP contribution < -0.4 is 10.6 Å². The zero-order valence-electron chi connectivity index (χ0n) is 18.1. The molecular formula is C24H24F3N5O. The Morgan fingerprint density at radius 2 is 1.97 bits per heavy atom. The topological polar surface area (TPSA) is 82.7 Å². The summed E-state index contributed by atoms with van der Waals surface area (Å²) in [4.78, 5) is 16.3. The molecule has 0 saturated heterocycles. The van der Waals surface area contributed by atoms with Crippen molar-refractivity contribution in [3.63, 3.8) is 0 Å². The van der Waals surface area contributed by atoms with Gasteiger partial charge in [-0.25, -0.2) is 4.98 Å². The maximum atomic E-state index is 13.4. The van der Waals surface area contributed by atoms with Crippen LogP contribution in [0.3, 0.4) is 0 Å². The summed E-state index contributed by atoms with van der Waals surface area (Å²) in [6, 6.07) is 13.2. The Morgan fingerprint density at radius 3 is 2.70 bits per heavy atom. The first kappa shape index (κ1) is 22.6. The number of hydrogen-bond acceptors (Lipinski definition) is 4. The fourth-order valence-electron chi connectivity index (χ4n) is 4.40. The average molecular weight is 455 g/mol. The summed E-state index contributed by atoms with van der Waals surface area (Å²) in [7, 11) is 1.75. The van der Waals surface area contributed by atoms with Gasteiger partial charge in [0.05, 0.1) is 11.9 Å². The van der Waals surface area contributed by atoms with Crippen LogP contribution in [0.4, 0.5) is 18.9 Å². The van der Waals surface area contributed by atoms with Gasteiger partial charge in [0.25, 0.3) is 0 Å². The van der Waals surface area contributed by atoms with Crippen LogP contribution in [0.5, 0.6) is 0 Å². The third kappa shape index (κ3) is 5.11. The van der Waals surface area contributed by atoms with Crippen LogP contribution in [0.15, 0.2) is 42.5 Å². The number of amides is 1. The maximum Gasteiger partial charge on any atom is 0.433 e. The number of fused-ring (bicyclic) bond motifs is 1. The monoisotopic (exact) mass is 455 g/mol. The van der Waals surface area contributed by atoms with E-state index in [1.165, 1.54) is 0 Å². The minimum absolute atomic E-state index is 0.0730. The van der Waals surface area contributed by atoms with E-state index in [1.54, 1.807) is 48.0 Å². The first-order chi connectivity index (χ1) is 15.7. The molecule has 6 nitrogen and oxygen atoms in total. The molecule has 1 fully saturated rings. The molecular weight excluding hydrogens is 431 g/mol. The van der Waals surface area contributed by atoms with Gasteiger partial charge in [-0.05, 0) is 49.9 Å². The quantitative estimate of drug-likeness (QED) is 0.592. The smallest absolute Gasteiger partial charge is 0.382 e. The molecule has 9 heteroatoms. The molecule has 33 heavy (non-hydrogen) atoms. The number of alkyl halides is 3. The number of nitrogens with zero attached hydrogens (tertiary/aromatic N) is 3. The summed E-state index contributed by atoms with van der Waals surface area (Å²) >= 11 is 0. The summed E-state index contributed by atoms with van der Waals surface area (Å²) in [6.45, 7) is 0. The number of benzene rings is 1. The largest absolute Gasteiger partial charge is 0.433 e. The van der Waals surface area contributed by atoms with Crippen molar-refractivity contribution in [1.29, 1.82) is 5.26 Å². The third-order valence-electron chi connectivity index (χ3n) is 6.09. The van der Waals surface area contributed by atoms with Gasteiger partial charge < -0.3 is 15.2 Å². The minimum atomic E-state index is -4.54. The fraction of sp³-hybridized carbons (Fsp3) is 0.375. The Labute approximate surface area is 189 Å². The SMILES string of the molecule is Cn1c(C#N)ccc1CC(=O)N[C@@H]1CCC[C@H](Nc2cc(C(F)(F)F)nc3ccccc23)C1. The molecule has 172 valence electrons. The lowest BCUT2D eigenvalue weighted by atomic mass is 9.90. The summed E-state index contributed by atoms with van der Waals surface area (Å²) in [5.41, 5.74) is 0.996. The molecule has 0 spiro atoms. The van der Waals surface area contributed by atoms with Crippen molar-refractivity contribution in [2.24, 2.45) is 7.05 Å². The Bertz CT molecular complexity index is 1210. The van der Waals surface area contributed by atoms with E-state index in [-0.39, 0.29) is 29.9 Å². The fourth-order valence-corrected chi connectivity index (χ4v) is 4.40. The standard InChI is InChI=1S/C24H24F3N5O/c1-32-17(9-10-18(32)14-28)12-23(33)30-16-6-4-5-15(11-16)29-21-13-22(24(25,26)27)31-20-8-3-2-7-19(20)21/h2-3,7-10,13,15-16H,4-6,11-12H2,1H3,(H,29,31)(H,30,33)/t15-,16+/m0/s1. The van der Waals surface area contributed by atoms with E-state index in [0.29, 0.717) is 23.2 Å². The highest BCUT2D eigenvalue weighted by Crippen LogP contribution is 2.34. The summed E-state index contributed by atoms with van der Waals surface area (Å²) < 4.78 is 41.8. The Hall–Kier alpha value is -3.54. The number of rotatable bonds is 5. The number of para-hydroxylation sites is 1. The number of hydrogen-bond donors (Lipinski definition) is 2. The van der Waals surface area contributed by atoms with Gasteiger partial charge in [0, 0.05) is 35.9 Å². The van der Waals surface area contributed by atoms with Crippen molar-refractivity contribution < 1.29 is 18.0 Å². The molecule has 0 radical (unpaired) electrons. The average Bonchev–Trinajstić information content (AvgIpc) is 3.12. The number of anilines is 1. The van der Waals surface area contributed by atoms with Crippen molar-refractivity contribution in [3.05, 3.63) is 59.5 Å². The molecule has 0 aliphatic heterocycles. The van der Waals surface area contributed by atoms with E-state index in [1.807, 2.05) is 0 Å². The van der Waals surface area contributed by atoms with Gasteiger partial charge >= 0.3 is 6.18 Å². The molecule has 4 rings (SSSR count). The summed E-state index contributed by atoms with van der Waals surface area (Å²) in [5.74, 6) is -0.139. The lowest BCUT2D eigenvalue weighted by molar-refractivity contribution is -0.140. The van der Waals surface area contributed by atoms with E-state index >= 15 is 0 Å². The molecule has 0 unspecified atom stereocenters. The zero-order chi connectivity index (χ0) is 23.6. The highest BCUT2D eigenvalue weighted by atomic mass is 19.4. The minimum Gasteiger partial charge on any atom is -0.382 e. The molecule has 3 aromatic rings. The van der Waals surface area contributed by atoms with E-state index in [4.69, 9.17) is 5.26 Å². The van der Waals surface area contributed by atoms with E-state index in [2.05, 4.69) is 21.7 Å². The van der Waals surface area contributed by atoms with Gasteiger partial charge in [-0.3, -0.25) is 4.79 Å². The number of nitriles is 1. The second kappa shape index (κ2) is 9.14. The molecule has 2 atom stereocenters. The lowest BCUT2D eigenvalue weighted by Gasteiger charge is -2.31. The van der Waals surface area contributed by atoms with Gasteiger partial charge in [0.15, 0.2) is 0 Å². The molecule has 0 bridgehead atoms. The van der Waals surface area contributed by atoms with Crippen LogP contribution in [0.1, 0.15) is 42.8 Å². The lowest BCUT2D eigenvalue weighted by Crippen LogP contribution is -2.42. The van der Waals surface area contributed by atoms with Crippen LogP contribution in [0.2, 0.25) is 0 Å². The van der Waals surface area contributed by atoms with Crippen molar-refractivity contribution in [2.45, 2.75) is 50.4 Å². The third-order valence-corrected chi connectivity index (χ3v) is 6.09. The second-order valence-electron chi connectivity index (χ2n) is 8.40. The highest BCUT2D eigenvalue weighted by Gasteiger charge is 2.34. The van der Waals surface area contributed by atoms with Crippen molar-refractivity contribution in [3.8, 4) is 6.07 Å². The molecule has 1 aliphatic carbocycles. The van der Waals surface area contributed by atoms with Gasteiger partial charge in [-0.15, -0.1) is 0 Å². The normalized spacial score (nSPS) is 18.6. The second-order valence-corrected chi connectivity index (χ2v) is 8.40. The number of pyridine rings is 1. The van der Waals surface area contributed by atoms with Crippen molar-refractivity contribution in [1.82, 2.24) is 14.9 Å². The van der Waals surface area contributed by atoms with Crippen LogP contribution >= 0.6 is 0 Å². The van der Waals surface area contributed by atoms with Crippen molar-refractivity contribution >= 4 is 22.5 Å². The summed E-state index contributed by atoms with van der Waals surface area (Å²) in [6.07, 6.45) is -1.30. The molecule has 1 aliphatic rings. The Balaban J connectivity index is 1.45. The Kier molecular flexibility index (Phi) is 6.27. The first-order valence-corrected chi connectivity index (χ1v) is 10.8. The first-order valence-electron chi connectivity index (χ1n) is 10.8. The molecule has 1 amide bonds. The number of halogens is 3. The van der Waals surface area contributed by atoms with E-state index in [0.717, 1.165) is 31.0 Å². The van der Waals surface area contributed by atoms with Crippen LogP contribution in [-0.2, 0) is 24.4 Å². The zero-order valence-corrected chi connectivity index (χ0v) is 18.1. The molecule has 1 saturated carbocycles. The Morgan fingerprint density at radius 1 is 1.21 bits per heavy atom. The van der Waals surface area contributed by atoms with E-state index in [9.17, 15) is 18.0 Å². The highest BCUT2D eigenvalue weighted by molar-refractivity contribution is 5.91. The summed E-state index contributed by atoms with van der Waals surface area (Å²) in [5, 5.41) is 16.0. The number of carbonyl (C=O) groups is 1. The molecule has 2 heterocycles. The number of carbonyl (C=O) groups excluding carboxylic acids is 1. The van der Waals surface area contributed by atoms with Crippen LogP contribution in [0, 0.1) is 11.3 Å². The maximum absolute atomic E-state index is 13.4. The van der Waals surface area contributed by atoms with Crippen LogP contribution in [-0.4, -0.2) is 27.5 Å². The van der Waals surface area contributed by atoms with Gasteiger partial charge in [0.2, 0.25) is 5.91 Å². The predicted molar refractivity (Wildman–Crippen MR) is 118 cm³/mol. The van der Waals surface area contributed by atoms with Gasteiger partial charge in [-0.2, -0.15) is 18.4 Å². The van der Waals surface area contributed by atoms with Crippen LogP contribution in [0.25, 0.3) is 10.9 Å². The number of nitrogens with one attached hydrogen (secondary N) is 2. The van der Waals surface area contributed by atoms with E-state index < -0.39 is 11.9 Å². The molecule has 2 N–H and O–H groups in total. The predicted octanol–water partition coefficient (Wildman–Crippen LogP) is 4.55. The van der Waals surface area contributed by atoms with Gasteiger partial charge in [0.1, 0.15) is 17.5 Å². The number of aromatic nitrogens is 2. The molecule has 2 aromatic heterocycles. The van der Waals surface area contributed by atoms with Crippen molar-refractivity contribution in [2.75, 3.05) is 5.32 Å². The molecule has 1 aromatic carbocycles.